The molecule has 0 bridgehead atoms. The van der Waals surface area contributed by atoms with Crippen LogP contribution in [-0.4, -0.2) is 36.8 Å². The summed E-state index contributed by atoms with van der Waals surface area (Å²) in [5.41, 5.74) is 1.22. The predicted molar refractivity (Wildman–Crippen MR) is 121 cm³/mol. The van der Waals surface area contributed by atoms with Crippen molar-refractivity contribution in [3.8, 4) is 17.2 Å². The molecule has 0 spiro atoms. The number of benzene rings is 1. The average Bonchev–Trinajstić information content (AvgIpc) is 3.10. The second kappa shape index (κ2) is 8.63. The van der Waals surface area contributed by atoms with Gasteiger partial charge in [0.05, 0.1) is 19.6 Å². The molecular formula is C23H26N2O5S. The fourth-order valence-corrected chi connectivity index (χ4v) is 5.55. The van der Waals surface area contributed by atoms with Crippen molar-refractivity contribution >= 4 is 27.5 Å². The van der Waals surface area contributed by atoms with Crippen molar-refractivity contribution in [1.29, 1.82) is 0 Å². The van der Waals surface area contributed by atoms with Gasteiger partial charge in [-0.25, -0.2) is 0 Å². The molecule has 0 fully saturated rings. The summed E-state index contributed by atoms with van der Waals surface area (Å²) >= 11 is 1.50. The molecule has 1 amide bonds. The molecule has 1 atom stereocenters. The smallest absolute Gasteiger partial charge is 0.265 e. The van der Waals surface area contributed by atoms with E-state index < -0.39 is 11.5 Å². The zero-order valence-corrected chi connectivity index (χ0v) is 18.6. The van der Waals surface area contributed by atoms with E-state index in [1.54, 1.807) is 20.3 Å². The number of rotatable bonds is 6. The fraction of sp³-hybridized carbons (Fsp3) is 0.391. The summed E-state index contributed by atoms with van der Waals surface area (Å²) in [4.78, 5) is 29.9. The number of ether oxygens (including phenoxy) is 2. The van der Waals surface area contributed by atoms with E-state index in [9.17, 15) is 14.7 Å². The van der Waals surface area contributed by atoms with Crippen LogP contribution in [0.25, 0.3) is 10.2 Å². The van der Waals surface area contributed by atoms with Crippen molar-refractivity contribution in [3.63, 3.8) is 0 Å². The Hall–Kier alpha value is -3.00. The lowest BCUT2D eigenvalue weighted by molar-refractivity contribution is 0.0950. The van der Waals surface area contributed by atoms with Gasteiger partial charge in [-0.15, -0.1) is 11.3 Å². The Bertz CT molecular complexity index is 1200. The maximum atomic E-state index is 12.8. The maximum absolute atomic E-state index is 12.8. The van der Waals surface area contributed by atoms with Gasteiger partial charge in [0, 0.05) is 11.4 Å². The van der Waals surface area contributed by atoms with E-state index in [-0.39, 0.29) is 11.3 Å². The Kier molecular flexibility index (Phi) is 5.91. The Labute approximate surface area is 184 Å². The average molecular weight is 443 g/mol. The van der Waals surface area contributed by atoms with Crippen molar-refractivity contribution in [3.05, 3.63) is 50.1 Å². The molecule has 2 heterocycles. The molecule has 7 nitrogen and oxygen atoms in total. The molecule has 1 aliphatic carbocycles. The first-order valence-electron chi connectivity index (χ1n) is 10.3. The van der Waals surface area contributed by atoms with E-state index in [2.05, 4.69) is 17.2 Å². The highest BCUT2D eigenvalue weighted by molar-refractivity contribution is 7.18. The monoisotopic (exact) mass is 442 g/mol. The summed E-state index contributed by atoms with van der Waals surface area (Å²) in [7, 11) is 3.14. The number of carbonyl (C=O) groups is 1. The number of carbonyl (C=O) groups excluding carboxylic acids is 1. The third-order valence-corrected chi connectivity index (χ3v) is 6.98. The van der Waals surface area contributed by atoms with Crippen molar-refractivity contribution < 1.29 is 19.4 Å². The lowest BCUT2D eigenvalue weighted by atomic mass is 9.89. The van der Waals surface area contributed by atoms with Crippen molar-refractivity contribution in [2.75, 3.05) is 20.8 Å². The molecule has 0 saturated heterocycles. The highest BCUT2D eigenvalue weighted by Crippen LogP contribution is 2.41. The molecule has 8 heteroatoms. The summed E-state index contributed by atoms with van der Waals surface area (Å²) < 4.78 is 10.5. The van der Waals surface area contributed by atoms with Crippen LogP contribution in [0.2, 0.25) is 0 Å². The molecule has 1 aromatic carbocycles. The summed E-state index contributed by atoms with van der Waals surface area (Å²) in [5.74, 6) is 1.03. The van der Waals surface area contributed by atoms with Gasteiger partial charge in [0.1, 0.15) is 16.1 Å². The molecule has 0 saturated carbocycles. The molecule has 2 aromatic heterocycles. The largest absolute Gasteiger partial charge is 0.506 e. The van der Waals surface area contributed by atoms with Gasteiger partial charge in [0.2, 0.25) is 0 Å². The number of hydrogen-bond donors (Lipinski definition) is 3. The number of hydrogen-bond acceptors (Lipinski definition) is 6. The predicted octanol–water partition coefficient (Wildman–Crippen LogP) is 3.41. The van der Waals surface area contributed by atoms with Gasteiger partial charge >= 0.3 is 0 Å². The van der Waals surface area contributed by atoms with Crippen LogP contribution < -0.4 is 20.3 Å². The van der Waals surface area contributed by atoms with Crippen LogP contribution in [0.3, 0.4) is 0 Å². The topological polar surface area (TPSA) is 101 Å². The second-order valence-corrected chi connectivity index (χ2v) is 9.03. The van der Waals surface area contributed by atoms with Gasteiger partial charge in [-0.2, -0.15) is 0 Å². The number of thiophene rings is 1. The molecule has 164 valence electrons. The highest BCUT2D eigenvalue weighted by Gasteiger charge is 2.26. The number of aromatic nitrogens is 1. The molecule has 0 unspecified atom stereocenters. The second-order valence-electron chi connectivity index (χ2n) is 7.93. The Balaban J connectivity index is 1.53. The minimum Gasteiger partial charge on any atom is -0.506 e. The number of pyridine rings is 1. The van der Waals surface area contributed by atoms with Gasteiger partial charge < -0.3 is 24.9 Å². The number of aromatic amines is 1. The van der Waals surface area contributed by atoms with E-state index in [1.807, 2.05) is 12.1 Å². The molecule has 3 N–H and O–H groups in total. The Morgan fingerprint density at radius 1 is 1.29 bits per heavy atom. The van der Waals surface area contributed by atoms with Crippen LogP contribution in [0.4, 0.5) is 0 Å². The number of H-pyrrole nitrogens is 1. The van der Waals surface area contributed by atoms with Crippen LogP contribution >= 0.6 is 11.3 Å². The number of fused-ring (bicyclic) bond motifs is 3. The number of nitrogens with one attached hydrogen (secondary N) is 2. The number of aryl methyl sites for hydroxylation is 1. The van der Waals surface area contributed by atoms with Gasteiger partial charge in [0.15, 0.2) is 11.5 Å². The van der Waals surface area contributed by atoms with E-state index in [0.717, 1.165) is 30.4 Å². The van der Waals surface area contributed by atoms with E-state index in [1.165, 1.54) is 16.2 Å². The first-order valence-corrected chi connectivity index (χ1v) is 11.1. The van der Waals surface area contributed by atoms with E-state index >= 15 is 0 Å². The molecule has 1 aliphatic rings. The standard InChI is InChI=1S/C23H26N2O5S/c1-12-4-6-14-17(10-12)31-23-18(14)20(26)19(22(28)25-23)21(27)24-9-8-13-5-7-15(29-2)16(11-13)30-3/h5,7,11-12H,4,6,8-10H2,1-3H3,(H,24,27)(H2,25,26,28)/t12-/m0/s1. The molecule has 3 aromatic rings. The maximum Gasteiger partial charge on any atom is 0.265 e. The van der Waals surface area contributed by atoms with Crippen molar-refractivity contribution in [2.24, 2.45) is 5.92 Å². The lowest BCUT2D eigenvalue weighted by Crippen LogP contribution is -2.31. The van der Waals surface area contributed by atoms with Crippen LogP contribution in [0.1, 0.15) is 39.7 Å². The summed E-state index contributed by atoms with van der Waals surface area (Å²) in [5, 5.41) is 14.2. The molecule has 0 aliphatic heterocycles. The SMILES string of the molecule is COc1ccc(CCNC(=O)c2c(O)c3c4c(sc3[nH]c2=O)C[C@@H](C)CC4)cc1OC. The molecule has 0 radical (unpaired) electrons. The lowest BCUT2D eigenvalue weighted by Gasteiger charge is -2.18. The zero-order valence-electron chi connectivity index (χ0n) is 17.8. The number of amides is 1. The Morgan fingerprint density at radius 3 is 2.81 bits per heavy atom. The minimum absolute atomic E-state index is 0.214. The fourth-order valence-electron chi connectivity index (χ4n) is 4.14. The van der Waals surface area contributed by atoms with Crippen LogP contribution in [0, 0.1) is 5.92 Å². The molecule has 4 rings (SSSR count). The quantitative estimate of drug-likeness (QED) is 0.543. The van der Waals surface area contributed by atoms with Crippen molar-refractivity contribution in [2.45, 2.75) is 32.6 Å². The van der Waals surface area contributed by atoms with E-state index in [4.69, 9.17) is 9.47 Å². The summed E-state index contributed by atoms with van der Waals surface area (Å²) in [6.45, 7) is 2.51. The summed E-state index contributed by atoms with van der Waals surface area (Å²) in [6, 6.07) is 5.55. The minimum atomic E-state index is -0.578. The highest BCUT2D eigenvalue weighted by atomic mass is 32.1. The summed E-state index contributed by atoms with van der Waals surface area (Å²) in [6.07, 6.45) is 3.35. The van der Waals surface area contributed by atoms with Crippen molar-refractivity contribution in [1.82, 2.24) is 10.3 Å². The third-order valence-electron chi connectivity index (χ3n) is 5.81. The first-order chi connectivity index (χ1) is 14.9. The van der Waals surface area contributed by atoms with Crippen LogP contribution in [0.15, 0.2) is 23.0 Å². The number of aromatic hydroxyl groups is 1. The van der Waals surface area contributed by atoms with Gasteiger partial charge in [0.25, 0.3) is 11.5 Å². The van der Waals surface area contributed by atoms with Crippen LogP contribution in [-0.2, 0) is 19.3 Å². The van der Waals surface area contributed by atoms with Gasteiger partial charge in [-0.05, 0) is 54.9 Å². The molecule has 31 heavy (non-hydrogen) atoms. The third kappa shape index (κ3) is 3.99. The zero-order chi connectivity index (χ0) is 22.1. The number of methoxy groups -OCH3 is 2. The van der Waals surface area contributed by atoms with E-state index in [0.29, 0.717) is 40.6 Å². The van der Waals surface area contributed by atoms with Crippen LogP contribution in [0.5, 0.6) is 17.2 Å². The van der Waals surface area contributed by atoms with Gasteiger partial charge in [-0.1, -0.05) is 13.0 Å². The Morgan fingerprint density at radius 2 is 2.06 bits per heavy atom. The molecular weight excluding hydrogens is 416 g/mol. The normalized spacial score (nSPS) is 15.5. The first kappa shape index (κ1) is 21.2. The van der Waals surface area contributed by atoms with Gasteiger partial charge in [-0.3, -0.25) is 9.59 Å².